The van der Waals surface area contributed by atoms with E-state index in [9.17, 15) is 4.79 Å². The molecule has 0 aliphatic heterocycles. The molecule has 7 heteroatoms. The van der Waals surface area contributed by atoms with E-state index in [4.69, 9.17) is 4.98 Å². The molecule has 5 rings (SSSR count). The monoisotopic (exact) mass is 371 g/mol. The van der Waals surface area contributed by atoms with E-state index < -0.39 is 0 Å². The second-order valence-electron chi connectivity index (χ2n) is 6.17. The van der Waals surface area contributed by atoms with Gasteiger partial charge in [0.15, 0.2) is 11.9 Å². The maximum Gasteiger partial charge on any atom is 0.179 e. The summed E-state index contributed by atoms with van der Waals surface area (Å²) in [4.78, 5) is 20.7. The Morgan fingerprint density at radius 3 is 2.89 bits per heavy atom. The van der Waals surface area contributed by atoms with Crippen LogP contribution < -0.4 is 0 Å². The third kappa shape index (κ3) is 2.88. The largest absolute Gasteiger partial charge is 0.297 e. The molecule has 4 aromatic heterocycles. The number of carbonyl (C=O) groups excluding carboxylic acids is 1. The first-order valence-electron chi connectivity index (χ1n) is 8.38. The molecule has 0 aliphatic rings. The van der Waals surface area contributed by atoms with E-state index in [0.717, 1.165) is 45.2 Å². The van der Waals surface area contributed by atoms with Gasteiger partial charge >= 0.3 is 0 Å². The van der Waals surface area contributed by atoms with Crippen molar-refractivity contribution in [3.63, 3.8) is 0 Å². The van der Waals surface area contributed by atoms with Gasteiger partial charge in [0, 0.05) is 22.5 Å². The van der Waals surface area contributed by atoms with Crippen molar-refractivity contribution in [2.24, 2.45) is 0 Å². The zero-order valence-corrected chi connectivity index (χ0v) is 14.9. The predicted octanol–water partition coefficient (Wildman–Crippen LogP) is 3.96. The average molecular weight is 371 g/mol. The van der Waals surface area contributed by atoms with E-state index in [1.165, 1.54) is 11.3 Å². The fourth-order valence-electron chi connectivity index (χ4n) is 3.07. The molecular formula is C20H13N5OS. The van der Waals surface area contributed by atoms with Gasteiger partial charge in [-0.05, 0) is 42.0 Å². The Balaban J connectivity index is 1.54. The van der Waals surface area contributed by atoms with Crippen LogP contribution in [-0.4, -0.2) is 31.2 Å². The molecule has 0 spiro atoms. The van der Waals surface area contributed by atoms with Crippen LogP contribution in [0.4, 0.5) is 0 Å². The minimum atomic E-state index is 0.570. The van der Waals surface area contributed by atoms with Crippen molar-refractivity contribution in [1.29, 1.82) is 0 Å². The summed E-state index contributed by atoms with van der Waals surface area (Å²) in [5.74, 6) is 0. The summed E-state index contributed by atoms with van der Waals surface area (Å²) in [5.41, 5.74) is 5.26. The fraction of sp³-hybridized carbons (Fsp3) is 0.0500. The number of fused-ring (bicyclic) bond motifs is 2. The Morgan fingerprint density at radius 1 is 1.07 bits per heavy atom. The van der Waals surface area contributed by atoms with Gasteiger partial charge in [0.2, 0.25) is 0 Å². The first-order valence-corrected chi connectivity index (χ1v) is 9.26. The number of hydrogen-bond acceptors (Lipinski definition) is 6. The number of aromatic nitrogens is 5. The van der Waals surface area contributed by atoms with Crippen molar-refractivity contribution in [2.75, 3.05) is 0 Å². The average Bonchev–Trinajstić information content (AvgIpc) is 3.35. The van der Waals surface area contributed by atoms with Crippen molar-refractivity contribution < 1.29 is 4.79 Å². The van der Waals surface area contributed by atoms with Crippen molar-refractivity contribution in [2.45, 2.75) is 6.54 Å². The molecule has 5 aromatic rings. The molecular weight excluding hydrogens is 358 g/mol. The molecule has 0 radical (unpaired) electrons. The molecule has 0 amide bonds. The minimum Gasteiger partial charge on any atom is -0.297 e. The highest BCUT2D eigenvalue weighted by Crippen LogP contribution is 2.25. The Labute approximate surface area is 158 Å². The van der Waals surface area contributed by atoms with Crippen LogP contribution in [0.3, 0.4) is 0 Å². The van der Waals surface area contributed by atoms with Gasteiger partial charge in [-0.1, -0.05) is 17.3 Å². The lowest BCUT2D eigenvalue weighted by Gasteiger charge is -2.05. The van der Waals surface area contributed by atoms with Gasteiger partial charge in [-0.15, -0.1) is 16.4 Å². The van der Waals surface area contributed by atoms with Crippen LogP contribution in [-0.2, 0) is 6.54 Å². The molecule has 0 unspecified atom stereocenters. The maximum absolute atomic E-state index is 10.9. The van der Waals surface area contributed by atoms with Crippen molar-refractivity contribution >= 4 is 39.7 Å². The summed E-state index contributed by atoms with van der Waals surface area (Å²) >= 11 is 1.41. The number of rotatable bonds is 4. The van der Waals surface area contributed by atoms with Crippen molar-refractivity contribution in [1.82, 2.24) is 25.0 Å². The van der Waals surface area contributed by atoms with Crippen LogP contribution in [0.1, 0.15) is 15.2 Å². The summed E-state index contributed by atoms with van der Waals surface area (Å²) in [6, 6.07) is 15.8. The molecule has 0 saturated heterocycles. The second-order valence-corrected chi connectivity index (χ2v) is 7.12. The molecule has 27 heavy (non-hydrogen) atoms. The first kappa shape index (κ1) is 15.8. The summed E-state index contributed by atoms with van der Waals surface area (Å²) in [5, 5.41) is 11.5. The predicted molar refractivity (Wildman–Crippen MR) is 105 cm³/mol. The highest BCUT2D eigenvalue weighted by Gasteiger charge is 2.10. The van der Waals surface area contributed by atoms with Crippen LogP contribution in [0.5, 0.6) is 0 Å². The molecule has 0 N–H and O–H groups in total. The summed E-state index contributed by atoms with van der Waals surface area (Å²) in [7, 11) is 0. The van der Waals surface area contributed by atoms with Gasteiger partial charge in [-0.3, -0.25) is 9.78 Å². The van der Waals surface area contributed by atoms with E-state index >= 15 is 0 Å². The smallest absolute Gasteiger partial charge is 0.179 e. The van der Waals surface area contributed by atoms with E-state index in [0.29, 0.717) is 11.4 Å². The Kier molecular flexibility index (Phi) is 3.72. The maximum atomic E-state index is 10.9. The van der Waals surface area contributed by atoms with Gasteiger partial charge < -0.3 is 0 Å². The van der Waals surface area contributed by atoms with Crippen LogP contribution >= 0.6 is 11.3 Å². The molecule has 4 heterocycles. The number of hydrogen-bond donors (Lipinski definition) is 0. The zero-order valence-electron chi connectivity index (χ0n) is 14.1. The Morgan fingerprint density at radius 2 is 2.00 bits per heavy atom. The highest BCUT2D eigenvalue weighted by molar-refractivity contribution is 7.12. The molecule has 6 nitrogen and oxygen atoms in total. The topological polar surface area (TPSA) is 73.6 Å². The molecule has 0 aliphatic carbocycles. The van der Waals surface area contributed by atoms with Gasteiger partial charge in [-0.2, -0.15) is 0 Å². The van der Waals surface area contributed by atoms with Crippen LogP contribution in [0.15, 0.2) is 60.1 Å². The minimum absolute atomic E-state index is 0.570. The Bertz CT molecular complexity index is 1290. The number of nitrogens with zero attached hydrogens (tertiary/aromatic N) is 5. The van der Waals surface area contributed by atoms with E-state index in [1.807, 2.05) is 47.8 Å². The lowest BCUT2D eigenvalue weighted by molar-refractivity contribution is 0.112. The van der Waals surface area contributed by atoms with Crippen molar-refractivity contribution in [3.8, 4) is 11.3 Å². The summed E-state index contributed by atoms with van der Waals surface area (Å²) < 4.78 is 1.80. The summed E-state index contributed by atoms with van der Waals surface area (Å²) in [6.45, 7) is 0.570. The molecule has 130 valence electrons. The third-order valence-electron chi connectivity index (χ3n) is 4.39. The SMILES string of the molecule is O=Cc1cc(-c2ccc3nnn(Cc4ccc5ncccc5c4)c3n2)cs1. The zero-order chi connectivity index (χ0) is 18.2. The molecule has 0 fully saturated rings. The van der Waals surface area contributed by atoms with Gasteiger partial charge in [0.1, 0.15) is 5.52 Å². The van der Waals surface area contributed by atoms with E-state index in [-0.39, 0.29) is 0 Å². The lowest BCUT2D eigenvalue weighted by Crippen LogP contribution is -2.03. The third-order valence-corrected chi connectivity index (χ3v) is 5.25. The van der Waals surface area contributed by atoms with E-state index in [2.05, 4.69) is 21.4 Å². The molecule has 0 saturated carbocycles. The number of aldehydes is 1. The second kappa shape index (κ2) is 6.37. The van der Waals surface area contributed by atoms with E-state index in [1.54, 1.807) is 10.9 Å². The summed E-state index contributed by atoms with van der Waals surface area (Å²) in [6.07, 6.45) is 2.64. The number of carbonyl (C=O) groups is 1. The van der Waals surface area contributed by atoms with Gasteiger partial charge in [0.25, 0.3) is 0 Å². The standard InChI is InChI=1S/C20H13N5OS/c26-11-16-9-15(12-27-16)18-5-6-19-20(22-18)25(24-23-19)10-13-3-4-17-14(8-13)2-1-7-21-17/h1-9,11-12H,10H2. The normalized spacial score (nSPS) is 11.3. The number of benzene rings is 1. The van der Waals surface area contributed by atoms with Crippen molar-refractivity contribution in [3.05, 3.63) is 70.5 Å². The van der Waals surface area contributed by atoms with Crippen LogP contribution in [0, 0.1) is 0 Å². The lowest BCUT2D eigenvalue weighted by atomic mass is 10.1. The number of thiophene rings is 1. The van der Waals surface area contributed by atoms with Crippen LogP contribution in [0.25, 0.3) is 33.3 Å². The molecule has 0 bridgehead atoms. The Hall–Kier alpha value is -3.45. The first-order chi connectivity index (χ1) is 13.3. The molecule has 1 aromatic carbocycles. The highest BCUT2D eigenvalue weighted by atomic mass is 32.1. The van der Waals surface area contributed by atoms with Gasteiger partial charge in [0.05, 0.1) is 22.6 Å². The molecule has 0 atom stereocenters. The number of pyridine rings is 2. The van der Waals surface area contributed by atoms with Crippen LogP contribution in [0.2, 0.25) is 0 Å². The van der Waals surface area contributed by atoms with Gasteiger partial charge in [-0.25, -0.2) is 9.67 Å². The fourth-order valence-corrected chi connectivity index (χ4v) is 3.77. The quantitative estimate of drug-likeness (QED) is 0.447.